The Balaban J connectivity index is 1.70. The molecule has 6 nitrogen and oxygen atoms in total. The molecule has 1 fully saturated rings. The normalized spacial score (nSPS) is 17.8. The van der Waals surface area contributed by atoms with Gasteiger partial charge in [-0.05, 0) is 31.6 Å². The van der Waals surface area contributed by atoms with Crippen LogP contribution in [-0.2, 0) is 0 Å². The molecule has 120 valence electrons. The van der Waals surface area contributed by atoms with Crippen molar-refractivity contribution in [2.75, 3.05) is 5.43 Å². The number of anilines is 1. The highest BCUT2D eigenvalue weighted by atomic mass is 32.1. The van der Waals surface area contributed by atoms with Crippen molar-refractivity contribution in [1.82, 2.24) is 4.98 Å². The number of nitro groups is 1. The van der Waals surface area contributed by atoms with E-state index in [4.69, 9.17) is 0 Å². The summed E-state index contributed by atoms with van der Waals surface area (Å²) in [5, 5.41) is 17.9. The topological polar surface area (TPSA) is 80.4 Å². The van der Waals surface area contributed by atoms with Gasteiger partial charge in [0.25, 0.3) is 5.69 Å². The molecule has 0 unspecified atom stereocenters. The number of hydrogen-bond acceptors (Lipinski definition) is 6. The summed E-state index contributed by atoms with van der Waals surface area (Å²) in [5.41, 5.74) is 5.74. The molecular weight excluding hydrogens is 312 g/mol. The van der Waals surface area contributed by atoms with Gasteiger partial charge < -0.3 is 0 Å². The molecule has 0 saturated heterocycles. The van der Waals surface area contributed by atoms with Crippen LogP contribution in [0, 0.1) is 16.0 Å². The van der Waals surface area contributed by atoms with Crippen LogP contribution >= 0.6 is 11.3 Å². The minimum atomic E-state index is -0.398. The molecule has 1 aromatic carbocycles. The number of nitro benzene ring substituents is 1. The third kappa shape index (κ3) is 3.92. The fourth-order valence-electron chi connectivity index (χ4n) is 2.57. The van der Waals surface area contributed by atoms with Crippen LogP contribution in [0.1, 0.15) is 32.6 Å². The summed E-state index contributed by atoms with van der Waals surface area (Å²) in [5.74, 6) is 0.786. The predicted molar refractivity (Wildman–Crippen MR) is 92.9 cm³/mol. The maximum absolute atomic E-state index is 10.8. The summed E-state index contributed by atoms with van der Waals surface area (Å²) in [6.45, 7) is 2.27. The first-order valence-electron chi connectivity index (χ1n) is 7.63. The lowest BCUT2D eigenvalue weighted by atomic mass is 9.90. The maximum Gasteiger partial charge on any atom is 0.270 e. The summed E-state index contributed by atoms with van der Waals surface area (Å²) in [6.07, 6.45) is 4.46. The van der Waals surface area contributed by atoms with Crippen LogP contribution in [0.4, 0.5) is 10.8 Å². The van der Waals surface area contributed by atoms with Crippen molar-refractivity contribution in [2.24, 2.45) is 11.0 Å². The zero-order valence-electron chi connectivity index (χ0n) is 12.9. The van der Waals surface area contributed by atoms with Crippen LogP contribution in [0.2, 0.25) is 0 Å². The molecule has 3 rings (SSSR count). The molecule has 0 spiro atoms. The van der Waals surface area contributed by atoms with E-state index >= 15 is 0 Å². The Morgan fingerprint density at radius 1 is 1.39 bits per heavy atom. The van der Waals surface area contributed by atoms with Crippen molar-refractivity contribution < 1.29 is 4.92 Å². The number of rotatable bonds is 4. The molecule has 0 amide bonds. The highest BCUT2D eigenvalue weighted by molar-refractivity contribution is 7.14. The molecular formula is C16H18N4O2S. The van der Waals surface area contributed by atoms with Gasteiger partial charge in [-0.15, -0.1) is 11.3 Å². The zero-order valence-corrected chi connectivity index (χ0v) is 13.7. The zero-order chi connectivity index (χ0) is 16.2. The fraction of sp³-hybridized carbons (Fsp3) is 0.375. The third-order valence-electron chi connectivity index (χ3n) is 4.02. The molecule has 0 atom stereocenters. The van der Waals surface area contributed by atoms with Gasteiger partial charge in [-0.25, -0.2) is 4.98 Å². The minimum Gasteiger partial charge on any atom is -0.258 e. The van der Waals surface area contributed by atoms with Gasteiger partial charge in [0.15, 0.2) is 0 Å². The molecule has 1 aliphatic rings. The van der Waals surface area contributed by atoms with Gasteiger partial charge in [0.05, 0.1) is 10.6 Å². The van der Waals surface area contributed by atoms with E-state index in [0.29, 0.717) is 5.13 Å². The molecule has 0 radical (unpaired) electrons. The number of non-ortho nitro benzene ring substituents is 1. The molecule has 2 aromatic rings. The lowest BCUT2D eigenvalue weighted by Crippen LogP contribution is -2.12. The van der Waals surface area contributed by atoms with Crippen LogP contribution < -0.4 is 5.43 Å². The van der Waals surface area contributed by atoms with E-state index in [0.717, 1.165) is 30.0 Å². The Hall–Kier alpha value is -2.28. The maximum atomic E-state index is 10.8. The first kappa shape index (κ1) is 15.6. The number of nitrogens with zero attached hydrogens (tertiary/aromatic N) is 3. The number of nitrogens with one attached hydrogen (secondary N) is 1. The van der Waals surface area contributed by atoms with Crippen molar-refractivity contribution in [2.45, 2.75) is 32.6 Å². The van der Waals surface area contributed by atoms with Crippen LogP contribution in [0.3, 0.4) is 0 Å². The molecule has 0 bridgehead atoms. The first-order valence-corrected chi connectivity index (χ1v) is 8.51. The summed E-state index contributed by atoms with van der Waals surface area (Å²) >= 11 is 1.45. The largest absolute Gasteiger partial charge is 0.270 e. The van der Waals surface area contributed by atoms with Gasteiger partial charge in [-0.3, -0.25) is 15.5 Å². The number of thiazole rings is 1. The molecule has 23 heavy (non-hydrogen) atoms. The van der Waals surface area contributed by atoms with Crippen molar-refractivity contribution in [3.8, 4) is 11.3 Å². The van der Waals surface area contributed by atoms with Crippen molar-refractivity contribution in [3.05, 3.63) is 39.8 Å². The number of hydrogen-bond donors (Lipinski definition) is 1. The van der Waals surface area contributed by atoms with Gasteiger partial charge in [-0.1, -0.05) is 19.1 Å². The summed E-state index contributed by atoms with van der Waals surface area (Å²) in [7, 11) is 0. The van der Waals surface area contributed by atoms with Crippen LogP contribution in [0.25, 0.3) is 11.3 Å². The van der Waals surface area contributed by atoms with Gasteiger partial charge in [0.2, 0.25) is 5.13 Å². The Bertz CT molecular complexity index is 731. The second-order valence-electron chi connectivity index (χ2n) is 5.82. The Morgan fingerprint density at radius 3 is 2.91 bits per heavy atom. The monoisotopic (exact) mass is 330 g/mol. The van der Waals surface area contributed by atoms with Crippen molar-refractivity contribution in [3.63, 3.8) is 0 Å². The van der Waals surface area contributed by atoms with E-state index in [2.05, 4.69) is 22.4 Å². The number of hydrazone groups is 1. The minimum absolute atomic E-state index is 0.0709. The standard InChI is InChI=1S/C16H18N4O2S/c1-11-5-7-13(8-6-11)18-19-16-17-15(10-23-16)12-3-2-4-14(9-12)20(21)22/h2-4,9-11H,5-8H2,1H3,(H,17,19). The molecule has 1 N–H and O–H groups in total. The second kappa shape index (κ2) is 6.87. The Kier molecular flexibility index (Phi) is 4.66. The lowest BCUT2D eigenvalue weighted by Gasteiger charge is -2.18. The van der Waals surface area contributed by atoms with E-state index in [9.17, 15) is 10.1 Å². The smallest absolute Gasteiger partial charge is 0.258 e. The molecule has 7 heteroatoms. The van der Waals surface area contributed by atoms with Gasteiger partial charge in [-0.2, -0.15) is 5.10 Å². The highest BCUT2D eigenvalue weighted by Gasteiger charge is 2.14. The van der Waals surface area contributed by atoms with E-state index in [-0.39, 0.29) is 5.69 Å². The average Bonchev–Trinajstić information content (AvgIpc) is 3.03. The average molecular weight is 330 g/mol. The van der Waals surface area contributed by atoms with E-state index in [1.807, 2.05) is 11.4 Å². The molecule has 1 aromatic heterocycles. The molecule has 1 aliphatic carbocycles. The SMILES string of the molecule is CC1CCC(=NNc2nc(-c3cccc([N+](=O)[O-])c3)cs2)CC1. The van der Waals surface area contributed by atoms with Crippen LogP contribution in [-0.4, -0.2) is 15.6 Å². The van der Waals surface area contributed by atoms with E-state index < -0.39 is 4.92 Å². The van der Waals surface area contributed by atoms with E-state index in [1.54, 1.807) is 6.07 Å². The number of benzene rings is 1. The summed E-state index contributed by atoms with van der Waals surface area (Å²) < 4.78 is 0. The lowest BCUT2D eigenvalue weighted by molar-refractivity contribution is -0.384. The molecule has 1 heterocycles. The van der Waals surface area contributed by atoms with Gasteiger partial charge in [0.1, 0.15) is 0 Å². The van der Waals surface area contributed by atoms with Crippen LogP contribution in [0.15, 0.2) is 34.7 Å². The van der Waals surface area contributed by atoms with Gasteiger partial charge in [0, 0.05) is 28.8 Å². The third-order valence-corrected chi connectivity index (χ3v) is 4.76. The van der Waals surface area contributed by atoms with Crippen molar-refractivity contribution in [1.29, 1.82) is 0 Å². The highest BCUT2D eigenvalue weighted by Crippen LogP contribution is 2.28. The Morgan fingerprint density at radius 2 is 2.17 bits per heavy atom. The predicted octanol–water partition coefficient (Wildman–Crippen LogP) is 4.70. The first-order chi connectivity index (χ1) is 11.1. The van der Waals surface area contributed by atoms with Crippen molar-refractivity contribution >= 4 is 27.9 Å². The Labute approximate surface area is 138 Å². The fourth-order valence-corrected chi connectivity index (χ4v) is 3.23. The molecule has 1 saturated carbocycles. The number of aromatic nitrogens is 1. The second-order valence-corrected chi connectivity index (χ2v) is 6.68. The summed E-state index contributed by atoms with van der Waals surface area (Å²) in [6, 6.07) is 6.50. The van der Waals surface area contributed by atoms with Gasteiger partial charge >= 0.3 is 0 Å². The summed E-state index contributed by atoms with van der Waals surface area (Å²) in [4.78, 5) is 14.9. The quantitative estimate of drug-likeness (QED) is 0.651. The van der Waals surface area contributed by atoms with E-state index in [1.165, 1.54) is 42.0 Å². The van der Waals surface area contributed by atoms with Crippen LogP contribution in [0.5, 0.6) is 0 Å². The molecule has 0 aliphatic heterocycles.